The molecule has 0 bridgehead atoms. The van der Waals surface area contributed by atoms with Gasteiger partial charge in [-0.25, -0.2) is 0 Å². The fraction of sp³-hybridized carbons (Fsp3) is 0.769. The second-order valence-corrected chi connectivity index (χ2v) is 16.7. The zero-order valence-corrected chi connectivity index (χ0v) is 28.6. The quantitative estimate of drug-likeness (QED) is 0.174. The lowest BCUT2D eigenvalue weighted by Crippen LogP contribution is -2.58. The molecule has 1 amide bonds. The maximum Gasteiger partial charge on any atom is 0.220 e. The van der Waals surface area contributed by atoms with Gasteiger partial charge >= 0.3 is 0 Å². The fourth-order valence-corrected chi connectivity index (χ4v) is 11.0. The Hall–Kier alpha value is -1.69. The monoisotopic (exact) mass is 607 g/mol. The predicted molar refractivity (Wildman–Crippen MR) is 180 cm³/mol. The number of nitrogens with zero attached hydrogens (tertiary/aromatic N) is 1. The average Bonchev–Trinajstić information content (AvgIpc) is 3.35. The van der Waals surface area contributed by atoms with Crippen LogP contribution in [0.4, 0.5) is 0 Å². The first-order valence-corrected chi connectivity index (χ1v) is 18.0. The third-order valence-electron chi connectivity index (χ3n) is 13.7. The summed E-state index contributed by atoms with van der Waals surface area (Å²) in [6, 6.07) is 8.66. The number of unbranched alkanes of at least 4 members (excludes halogenated alkanes) is 1. The van der Waals surface area contributed by atoms with Gasteiger partial charge in [-0.2, -0.15) is 0 Å². The van der Waals surface area contributed by atoms with Crippen molar-refractivity contribution < 1.29 is 19.5 Å². The van der Waals surface area contributed by atoms with E-state index in [1.807, 2.05) is 6.08 Å². The van der Waals surface area contributed by atoms with Crippen molar-refractivity contribution in [2.24, 2.45) is 46.3 Å². The van der Waals surface area contributed by atoms with Crippen molar-refractivity contribution >= 4 is 12.0 Å². The van der Waals surface area contributed by atoms with E-state index in [1.54, 1.807) is 0 Å². The van der Waals surface area contributed by atoms with Crippen LogP contribution in [0.1, 0.15) is 109 Å². The van der Waals surface area contributed by atoms with Gasteiger partial charge < -0.3 is 20.0 Å². The van der Waals surface area contributed by atoms with Gasteiger partial charge in [-0.15, -0.1) is 0 Å². The standard InChI is InChI=1S/C39H62N2O3/c1-7-28-11-13-29(14-12-28)26-41(5,6)23-9-8-22-40-37(44)19-10-27(2)33-17-18-34-32-16-15-30-24-31(42)20-21-38(30,3)35(32)25-36(43)39(33,34)4/h7,11-14,27,30-36,42-43H,1,8-10,15-26H2,2-6H3/p+1/t27-,30?,31-,32?,33?,34?,35?,36+,38?,39?/m1/s1. The van der Waals surface area contributed by atoms with Crippen LogP contribution in [0.3, 0.4) is 0 Å². The van der Waals surface area contributed by atoms with E-state index in [1.165, 1.54) is 31.2 Å². The van der Waals surface area contributed by atoms with Crippen molar-refractivity contribution in [2.75, 3.05) is 27.2 Å². The Morgan fingerprint density at radius 1 is 1.05 bits per heavy atom. The Morgan fingerprint density at radius 3 is 2.52 bits per heavy atom. The Bertz CT molecular complexity index is 1130. The molecule has 5 heteroatoms. The molecule has 0 aromatic heterocycles. The molecule has 3 N–H and O–H groups in total. The molecule has 10 atom stereocenters. The minimum atomic E-state index is -0.255. The van der Waals surface area contributed by atoms with Crippen LogP contribution in [-0.4, -0.2) is 60.0 Å². The van der Waals surface area contributed by atoms with Crippen LogP contribution in [0, 0.1) is 46.3 Å². The lowest BCUT2D eigenvalue weighted by Gasteiger charge is -2.62. The van der Waals surface area contributed by atoms with Gasteiger partial charge in [0.25, 0.3) is 0 Å². The molecule has 4 aliphatic carbocycles. The summed E-state index contributed by atoms with van der Waals surface area (Å²) in [5.41, 5.74) is 2.74. The molecule has 5 nitrogen and oxygen atoms in total. The van der Waals surface area contributed by atoms with Gasteiger partial charge in [0.1, 0.15) is 6.54 Å². The number of rotatable bonds is 12. The number of hydrogen-bond acceptors (Lipinski definition) is 3. The van der Waals surface area contributed by atoms with E-state index in [9.17, 15) is 15.0 Å². The molecule has 4 fully saturated rings. The maximum absolute atomic E-state index is 12.8. The van der Waals surface area contributed by atoms with Crippen LogP contribution in [0.15, 0.2) is 30.8 Å². The first-order valence-electron chi connectivity index (χ1n) is 18.0. The molecule has 44 heavy (non-hydrogen) atoms. The minimum Gasteiger partial charge on any atom is -0.393 e. The normalized spacial score (nSPS) is 37.4. The van der Waals surface area contributed by atoms with Crippen molar-refractivity contribution in [3.8, 4) is 0 Å². The summed E-state index contributed by atoms with van der Waals surface area (Å²) < 4.78 is 0.941. The van der Waals surface area contributed by atoms with E-state index in [0.717, 1.165) is 74.6 Å². The molecule has 4 aliphatic rings. The minimum absolute atomic E-state index is 0.0345. The van der Waals surface area contributed by atoms with Gasteiger partial charge in [-0.3, -0.25) is 4.79 Å². The van der Waals surface area contributed by atoms with E-state index < -0.39 is 0 Å². The fourth-order valence-electron chi connectivity index (χ4n) is 11.0. The van der Waals surface area contributed by atoms with Crippen molar-refractivity contribution in [1.82, 2.24) is 5.32 Å². The second-order valence-electron chi connectivity index (χ2n) is 16.7. The number of nitrogens with one attached hydrogen (secondary N) is 1. The molecular weight excluding hydrogens is 544 g/mol. The van der Waals surface area contributed by atoms with Crippen LogP contribution in [0.25, 0.3) is 6.08 Å². The third kappa shape index (κ3) is 6.86. The van der Waals surface area contributed by atoms with E-state index in [4.69, 9.17) is 0 Å². The topological polar surface area (TPSA) is 69.6 Å². The molecule has 0 saturated heterocycles. The SMILES string of the molecule is C=Cc1ccc(C[N+](C)(C)CCCCNC(=O)CC[C@@H](C)C2CCC3C4CCC5C[C@H](O)CCC5(C)C4C[C@H](O)C32C)cc1. The molecule has 4 saturated carbocycles. The summed E-state index contributed by atoms with van der Waals surface area (Å²) in [7, 11) is 4.57. The van der Waals surface area contributed by atoms with Crippen LogP contribution in [0.5, 0.6) is 0 Å². The molecule has 1 aromatic carbocycles. The van der Waals surface area contributed by atoms with Gasteiger partial charge in [0.2, 0.25) is 5.91 Å². The summed E-state index contributed by atoms with van der Waals surface area (Å²) in [6.07, 6.45) is 14.0. The lowest BCUT2D eigenvalue weighted by molar-refractivity contribution is -0.903. The maximum atomic E-state index is 12.8. The van der Waals surface area contributed by atoms with Crippen LogP contribution >= 0.6 is 0 Å². The molecular formula is C39H63N2O3+. The number of amides is 1. The van der Waals surface area contributed by atoms with E-state index in [2.05, 4.69) is 71.0 Å². The zero-order chi connectivity index (χ0) is 31.7. The molecule has 0 spiro atoms. The number of carbonyl (C=O) groups excluding carboxylic acids is 1. The highest BCUT2D eigenvalue weighted by molar-refractivity contribution is 5.75. The first-order chi connectivity index (χ1) is 20.9. The number of aliphatic hydroxyl groups excluding tert-OH is 2. The highest BCUT2D eigenvalue weighted by Crippen LogP contribution is 2.68. The van der Waals surface area contributed by atoms with Gasteiger partial charge in [0, 0.05) is 18.5 Å². The Balaban J connectivity index is 1.05. The predicted octanol–water partition coefficient (Wildman–Crippen LogP) is 7.21. The molecule has 0 heterocycles. The average molecular weight is 608 g/mol. The largest absolute Gasteiger partial charge is 0.393 e. The van der Waals surface area contributed by atoms with Gasteiger partial charge in [0.15, 0.2) is 0 Å². The van der Waals surface area contributed by atoms with E-state index in [-0.39, 0.29) is 28.9 Å². The molecule has 5 rings (SSSR count). The highest BCUT2D eigenvalue weighted by Gasteiger charge is 2.63. The summed E-state index contributed by atoms with van der Waals surface area (Å²) in [4.78, 5) is 12.8. The van der Waals surface area contributed by atoms with Crippen LogP contribution in [-0.2, 0) is 11.3 Å². The molecule has 0 radical (unpaired) electrons. The molecule has 7 unspecified atom stereocenters. The van der Waals surface area contributed by atoms with Gasteiger partial charge in [-0.1, -0.05) is 57.7 Å². The Labute approximate surface area is 268 Å². The summed E-state index contributed by atoms with van der Waals surface area (Å²) in [6.45, 7) is 13.9. The molecule has 246 valence electrons. The highest BCUT2D eigenvalue weighted by atomic mass is 16.3. The number of quaternary nitrogens is 1. The van der Waals surface area contributed by atoms with Crippen LogP contribution < -0.4 is 5.32 Å². The van der Waals surface area contributed by atoms with E-state index >= 15 is 0 Å². The van der Waals surface area contributed by atoms with Crippen LogP contribution in [0.2, 0.25) is 0 Å². The third-order valence-corrected chi connectivity index (χ3v) is 13.7. The first kappa shape index (κ1) is 33.7. The van der Waals surface area contributed by atoms with Crippen molar-refractivity contribution in [1.29, 1.82) is 0 Å². The summed E-state index contributed by atoms with van der Waals surface area (Å²) in [5.74, 6) is 3.63. The summed E-state index contributed by atoms with van der Waals surface area (Å²) >= 11 is 0. The number of fused-ring (bicyclic) bond motifs is 5. The van der Waals surface area contributed by atoms with Gasteiger partial charge in [0.05, 0.1) is 32.8 Å². The smallest absolute Gasteiger partial charge is 0.220 e. The Morgan fingerprint density at radius 2 is 1.80 bits per heavy atom. The van der Waals surface area contributed by atoms with Crippen molar-refractivity contribution in [3.05, 3.63) is 42.0 Å². The van der Waals surface area contributed by atoms with Crippen molar-refractivity contribution in [2.45, 2.75) is 117 Å². The second kappa shape index (κ2) is 13.6. The Kier molecular flexibility index (Phi) is 10.4. The lowest BCUT2D eigenvalue weighted by atomic mass is 9.43. The summed E-state index contributed by atoms with van der Waals surface area (Å²) in [5, 5.41) is 25.4. The number of carbonyl (C=O) groups is 1. The number of benzene rings is 1. The molecule has 1 aromatic rings. The van der Waals surface area contributed by atoms with Crippen molar-refractivity contribution in [3.63, 3.8) is 0 Å². The van der Waals surface area contributed by atoms with Gasteiger partial charge in [-0.05, 0) is 123 Å². The zero-order valence-electron chi connectivity index (χ0n) is 28.6. The van der Waals surface area contributed by atoms with E-state index in [0.29, 0.717) is 41.9 Å². The molecule has 0 aliphatic heterocycles. The number of aliphatic hydroxyl groups is 2. The number of hydrogen-bond donors (Lipinski definition) is 3.